The minimum absolute atomic E-state index is 0.0942. The predicted octanol–water partition coefficient (Wildman–Crippen LogP) is 3.24. The second kappa shape index (κ2) is 7.14. The molecule has 17 heavy (non-hydrogen) atoms. The van der Waals surface area contributed by atoms with Crippen molar-refractivity contribution in [3.63, 3.8) is 0 Å². The number of hydrogen-bond donors (Lipinski definition) is 0. The first-order valence-electron chi connectivity index (χ1n) is 6.44. The normalized spacial score (nSPS) is 24.7. The number of alkyl halides is 1. The average molecular weight is 305 g/mol. The highest BCUT2D eigenvalue weighted by Gasteiger charge is 2.47. The Bertz CT molecular complexity index is 278. The van der Waals surface area contributed by atoms with Gasteiger partial charge in [-0.05, 0) is 32.6 Å². The van der Waals surface area contributed by atoms with E-state index in [-0.39, 0.29) is 11.8 Å². The monoisotopic (exact) mass is 304 g/mol. The van der Waals surface area contributed by atoms with Crippen molar-refractivity contribution in [2.45, 2.75) is 51.9 Å². The molecule has 0 aromatic heterocycles. The van der Waals surface area contributed by atoms with Crippen molar-refractivity contribution in [3.8, 4) is 0 Å². The second-order valence-corrected chi connectivity index (χ2v) is 5.37. The molecule has 0 bridgehead atoms. The number of rotatable bonds is 6. The molecule has 0 aromatic rings. The van der Waals surface area contributed by atoms with Crippen LogP contribution in [0.1, 0.15) is 51.9 Å². The summed E-state index contributed by atoms with van der Waals surface area (Å²) < 4.78 is 5.11. The molecule has 98 valence electrons. The van der Waals surface area contributed by atoms with Crippen LogP contribution in [0.4, 0.5) is 0 Å². The lowest BCUT2D eigenvalue weighted by Crippen LogP contribution is -2.43. The minimum atomic E-state index is -0.823. The van der Waals surface area contributed by atoms with E-state index < -0.39 is 5.41 Å². The first kappa shape index (κ1) is 14.7. The van der Waals surface area contributed by atoms with Gasteiger partial charge in [-0.25, -0.2) is 0 Å². The number of halogens is 1. The first-order chi connectivity index (χ1) is 8.17. The molecule has 1 aliphatic rings. The van der Waals surface area contributed by atoms with Crippen LogP contribution in [0.3, 0.4) is 0 Å². The summed E-state index contributed by atoms with van der Waals surface area (Å²) in [6, 6.07) is 0. The van der Waals surface area contributed by atoms with Crippen LogP contribution >= 0.6 is 15.9 Å². The molecule has 1 rings (SSSR count). The molecule has 1 fully saturated rings. The molecule has 0 heterocycles. The predicted molar refractivity (Wildman–Crippen MR) is 70.2 cm³/mol. The summed E-state index contributed by atoms with van der Waals surface area (Å²) in [7, 11) is 0. The molecular formula is C13H21BrO3. The van der Waals surface area contributed by atoms with Gasteiger partial charge in [-0.15, -0.1) is 0 Å². The highest BCUT2D eigenvalue weighted by molar-refractivity contribution is 9.09. The molecule has 0 amide bonds. The maximum Gasteiger partial charge on any atom is 0.319 e. The van der Waals surface area contributed by atoms with Crippen molar-refractivity contribution in [2.75, 3.05) is 11.9 Å². The number of ketones is 1. The third kappa shape index (κ3) is 3.54. The molecule has 1 unspecified atom stereocenters. The standard InChI is InChI=1S/C13H21BrO3/c1-2-17-12(16)13(9-5-6-10-14)8-4-3-7-11(13)15/h2-10H2,1H3. The maximum absolute atomic E-state index is 12.1. The van der Waals surface area contributed by atoms with Gasteiger partial charge in [0.15, 0.2) is 0 Å². The van der Waals surface area contributed by atoms with Crippen molar-refractivity contribution in [1.29, 1.82) is 0 Å². The van der Waals surface area contributed by atoms with Crippen LogP contribution in [-0.2, 0) is 14.3 Å². The van der Waals surface area contributed by atoms with E-state index in [1.165, 1.54) is 0 Å². The average Bonchev–Trinajstić information content (AvgIpc) is 2.32. The largest absolute Gasteiger partial charge is 0.465 e. The third-order valence-corrected chi connectivity index (χ3v) is 4.01. The number of carbonyl (C=O) groups is 2. The van der Waals surface area contributed by atoms with Crippen LogP contribution in [-0.4, -0.2) is 23.7 Å². The molecule has 0 aromatic carbocycles. The molecule has 3 nitrogen and oxygen atoms in total. The molecule has 1 aliphatic carbocycles. The number of hydrogen-bond acceptors (Lipinski definition) is 3. The lowest BCUT2D eigenvalue weighted by atomic mass is 9.70. The Morgan fingerprint density at radius 2 is 2.18 bits per heavy atom. The van der Waals surface area contributed by atoms with E-state index in [1.807, 2.05) is 0 Å². The number of esters is 1. The fourth-order valence-corrected chi connectivity index (χ4v) is 2.86. The summed E-state index contributed by atoms with van der Waals surface area (Å²) in [5.74, 6) is -0.198. The van der Waals surface area contributed by atoms with E-state index in [0.29, 0.717) is 25.9 Å². The van der Waals surface area contributed by atoms with Gasteiger partial charge in [0.2, 0.25) is 0 Å². The molecule has 0 N–H and O–H groups in total. The fourth-order valence-electron chi connectivity index (χ4n) is 2.46. The maximum atomic E-state index is 12.1. The van der Waals surface area contributed by atoms with Gasteiger partial charge in [0, 0.05) is 11.8 Å². The minimum Gasteiger partial charge on any atom is -0.465 e. The van der Waals surface area contributed by atoms with E-state index in [0.717, 1.165) is 31.0 Å². The van der Waals surface area contributed by atoms with Gasteiger partial charge in [-0.3, -0.25) is 9.59 Å². The lowest BCUT2D eigenvalue weighted by molar-refractivity contribution is -0.163. The molecule has 0 radical (unpaired) electrons. The highest BCUT2D eigenvalue weighted by atomic mass is 79.9. The summed E-state index contributed by atoms with van der Waals surface area (Å²) in [5, 5.41) is 0.917. The molecule has 0 saturated heterocycles. The smallest absolute Gasteiger partial charge is 0.319 e. The van der Waals surface area contributed by atoms with Crippen molar-refractivity contribution < 1.29 is 14.3 Å². The zero-order chi connectivity index (χ0) is 12.7. The van der Waals surface area contributed by atoms with Gasteiger partial charge in [0.05, 0.1) is 6.61 Å². The third-order valence-electron chi connectivity index (χ3n) is 3.44. The SMILES string of the molecule is CCOC(=O)C1(CCCCBr)CCCCC1=O. The fraction of sp³-hybridized carbons (Fsp3) is 0.846. The quantitative estimate of drug-likeness (QED) is 0.327. The molecule has 0 spiro atoms. The first-order valence-corrected chi connectivity index (χ1v) is 7.56. The topological polar surface area (TPSA) is 43.4 Å². The van der Waals surface area contributed by atoms with E-state index in [9.17, 15) is 9.59 Å². The summed E-state index contributed by atoms with van der Waals surface area (Å²) >= 11 is 3.37. The lowest BCUT2D eigenvalue weighted by Gasteiger charge is -2.33. The number of carbonyl (C=O) groups excluding carboxylic acids is 2. The van der Waals surface area contributed by atoms with Crippen LogP contribution in [0, 0.1) is 5.41 Å². The molecular weight excluding hydrogens is 284 g/mol. The number of unbranched alkanes of at least 4 members (excludes halogenated alkanes) is 1. The van der Waals surface area contributed by atoms with Crippen molar-refractivity contribution in [2.24, 2.45) is 5.41 Å². The zero-order valence-electron chi connectivity index (χ0n) is 10.5. The summed E-state index contributed by atoms with van der Waals surface area (Å²) in [6.07, 6.45) is 5.62. The Hall–Kier alpha value is -0.380. The summed E-state index contributed by atoms with van der Waals surface area (Å²) in [6.45, 7) is 2.14. The van der Waals surface area contributed by atoms with E-state index in [4.69, 9.17) is 4.74 Å². The van der Waals surface area contributed by atoms with E-state index in [1.54, 1.807) is 6.92 Å². The molecule has 1 saturated carbocycles. The van der Waals surface area contributed by atoms with Crippen LogP contribution in [0.5, 0.6) is 0 Å². The Labute approximate surface area is 111 Å². The van der Waals surface area contributed by atoms with E-state index in [2.05, 4.69) is 15.9 Å². The van der Waals surface area contributed by atoms with Gasteiger partial charge in [-0.2, -0.15) is 0 Å². The van der Waals surface area contributed by atoms with Crippen molar-refractivity contribution in [3.05, 3.63) is 0 Å². The van der Waals surface area contributed by atoms with Crippen LogP contribution in [0.15, 0.2) is 0 Å². The molecule has 4 heteroatoms. The Morgan fingerprint density at radius 3 is 2.76 bits per heavy atom. The molecule has 0 aliphatic heterocycles. The van der Waals surface area contributed by atoms with E-state index >= 15 is 0 Å². The Kier molecular flexibility index (Phi) is 6.17. The number of Topliss-reactive ketones (excluding diaryl/α,β-unsaturated/α-hetero) is 1. The van der Waals surface area contributed by atoms with Gasteiger partial charge in [0.1, 0.15) is 11.2 Å². The number of ether oxygens (including phenoxy) is 1. The van der Waals surface area contributed by atoms with Crippen molar-refractivity contribution >= 4 is 27.7 Å². The van der Waals surface area contributed by atoms with Crippen LogP contribution in [0.2, 0.25) is 0 Å². The second-order valence-electron chi connectivity index (χ2n) is 4.58. The van der Waals surface area contributed by atoms with Crippen LogP contribution < -0.4 is 0 Å². The Balaban J connectivity index is 2.74. The highest BCUT2D eigenvalue weighted by Crippen LogP contribution is 2.39. The van der Waals surface area contributed by atoms with Crippen molar-refractivity contribution in [1.82, 2.24) is 0 Å². The van der Waals surface area contributed by atoms with Gasteiger partial charge in [-0.1, -0.05) is 28.8 Å². The molecule has 1 atom stereocenters. The van der Waals surface area contributed by atoms with Gasteiger partial charge >= 0.3 is 5.97 Å². The summed E-state index contributed by atoms with van der Waals surface area (Å²) in [5.41, 5.74) is -0.823. The Morgan fingerprint density at radius 1 is 1.41 bits per heavy atom. The van der Waals surface area contributed by atoms with Crippen LogP contribution in [0.25, 0.3) is 0 Å². The van der Waals surface area contributed by atoms with Gasteiger partial charge in [0.25, 0.3) is 0 Å². The zero-order valence-corrected chi connectivity index (χ0v) is 12.1. The summed E-state index contributed by atoms with van der Waals surface area (Å²) in [4.78, 5) is 24.2. The van der Waals surface area contributed by atoms with Gasteiger partial charge < -0.3 is 4.74 Å².